The van der Waals surface area contributed by atoms with Crippen molar-refractivity contribution < 1.29 is 27.0 Å². The molecule has 146 valence electrons. The lowest BCUT2D eigenvalue weighted by atomic mass is 9.77. The lowest BCUT2D eigenvalue weighted by Gasteiger charge is -2.39. The van der Waals surface area contributed by atoms with Crippen LogP contribution in [0.2, 0.25) is 0 Å². The van der Waals surface area contributed by atoms with E-state index in [0.717, 1.165) is 18.2 Å². The average molecular weight is 397 g/mol. The van der Waals surface area contributed by atoms with Crippen molar-refractivity contribution in [3.8, 4) is 0 Å². The fraction of sp³-hybridized carbons (Fsp3) is 0.368. The first kappa shape index (κ1) is 19.9. The van der Waals surface area contributed by atoms with E-state index in [1.54, 1.807) is 30.3 Å². The lowest BCUT2D eigenvalue weighted by molar-refractivity contribution is -0.0664. The second kappa shape index (κ2) is 8.02. The number of hydrogen-bond acceptors (Lipinski definition) is 4. The smallest absolute Gasteiger partial charge is 0.246 e. The summed E-state index contributed by atoms with van der Waals surface area (Å²) in [7, 11) is -4.49. The van der Waals surface area contributed by atoms with E-state index in [9.17, 15) is 22.3 Å². The number of halogens is 2. The van der Waals surface area contributed by atoms with Crippen LogP contribution in [0.1, 0.15) is 18.4 Å². The Balaban J connectivity index is 1.91. The molecule has 0 amide bonds. The van der Waals surface area contributed by atoms with Crippen LogP contribution in [0.5, 0.6) is 0 Å². The van der Waals surface area contributed by atoms with E-state index in [4.69, 9.17) is 4.74 Å². The molecule has 0 radical (unpaired) electrons. The average Bonchev–Trinajstić information content (AvgIpc) is 2.67. The van der Waals surface area contributed by atoms with E-state index >= 15 is 0 Å². The highest BCUT2D eigenvalue weighted by Gasteiger charge is 2.40. The second-order valence-electron chi connectivity index (χ2n) is 6.55. The van der Waals surface area contributed by atoms with Crippen LogP contribution in [0.15, 0.2) is 53.4 Å². The zero-order chi connectivity index (χ0) is 19.5. The predicted octanol–water partition coefficient (Wildman–Crippen LogP) is 2.56. The van der Waals surface area contributed by atoms with Gasteiger partial charge in [0.1, 0.15) is 17.2 Å². The summed E-state index contributed by atoms with van der Waals surface area (Å²) >= 11 is 0. The van der Waals surface area contributed by atoms with Gasteiger partial charge >= 0.3 is 0 Å². The zero-order valence-corrected chi connectivity index (χ0v) is 15.4. The molecule has 0 saturated carbocycles. The number of rotatable bonds is 6. The van der Waals surface area contributed by atoms with Crippen molar-refractivity contribution in [2.75, 3.05) is 19.8 Å². The topological polar surface area (TPSA) is 75.6 Å². The fourth-order valence-corrected chi connectivity index (χ4v) is 4.60. The van der Waals surface area contributed by atoms with E-state index in [1.165, 1.54) is 0 Å². The molecule has 8 heteroatoms. The third-order valence-electron chi connectivity index (χ3n) is 4.89. The molecule has 1 saturated heterocycles. The maximum atomic E-state index is 13.9. The summed E-state index contributed by atoms with van der Waals surface area (Å²) in [5.74, 6) is -2.63. The van der Waals surface area contributed by atoms with Crippen LogP contribution < -0.4 is 4.72 Å². The van der Waals surface area contributed by atoms with Crippen LogP contribution in [-0.4, -0.2) is 33.3 Å². The molecule has 2 N–H and O–H groups in total. The summed E-state index contributed by atoms with van der Waals surface area (Å²) in [4.78, 5) is -1.05. The van der Waals surface area contributed by atoms with E-state index in [1.807, 2.05) is 0 Å². The number of nitrogens with one attached hydrogen (secondary N) is 1. The van der Waals surface area contributed by atoms with Crippen molar-refractivity contribution in [2.45, 2.75) is 23.3 Å². The quantitative estimate of drug-likeness (QED) is 0.786. The first-order valence-corrected chi connectivity index (χ1v) is 10.1. The van der Waals surface area contributed by atoms with Gasteiger partial charge in [-0.1, -0.05) is 36.4 Å². The van der Waals surface area contributed by atoms with Crippen LogP contribution in [0.4, 0.5) is 8.78 Å². The van der Waals surface area contributed by atoms with E-state index in [2.05, 4.69) is 4.72 Å². The Labute approximate surface area is 157 Å². The van der Waals surface area contributed by atoms with Crippen LogP contribution in [-0.2, 0) is 20.4 Å². The highest BCUT2D eigenvalue weighted by molar-refractivity contribution is 7.89. The SMILES string of the molecule is O=S(=O)(NCC(O)(c1ccccc1)C1CCOCC1)c1c(F)cccc1F. The normalized spacial score (nSPS) is 18.2. The summed E-state index contributed by atoms with van der Waals surface area (Å²) < 4.78 is 60.3. The molecule has 1 fully saturated rings. The molecule has 1 aliphatic rings. The Morgan fingerprint density at radius 2 is 1.63 bits per heavy atom. The zero-order valence-electron chi connectivity index (χ0n) is 14.6. The number of sulfonamides is 1. The van der Waals surface area contributed by atoms with Crippen LogP contribution in [0.25, 0.3) is 0 Å². The highest BCUT2D eigenvalue weighted by atomic mass is 32.2. The monoisotopic (exact) mass is 397 g/mol. The van der Waals surface area contributed by atoms with Gasteiger partial charge in [0.05, 0.1) is 0 Å². The van der Waals surface area contributed by atoms with Gasteiger partial charge in [0.15, 0.2) is 4.90 Å². The van der Waals surface area contributed by atoms with Crippen molar-refractivity contribution in [2.24, 2.45) is 5.92 Å². The molecule has 1 unspecified atom stereocenters. The lowest BCUT2D eigenvalue weighted by Crippen LogP contribution is -2.47. The highest BCUT2D eigenvalue weighted by Crippen LogP contribution is 2.36. The Morgan fingerprint density at radius 3 is 2.22 bits per heavy atom. The molecule has 0 aromatic heterocycles. The predicted molar refractivity (Wildman–Crippen MR) is 95.4 cm³/mol. The van der Waals surface area contributed by atoms with E-state index < -0.39 is 38.7 Å². The summed E-state index contributed by atoms with van der Waals surface area (Å²) in [5.41, 5.74) is -0.992. The van der Waals surface area contributed by atoms with Gasteiger partial charge in [0, 0.05) is 19.8 Å². The molecular weight excluding hydrogens is 376 g/mol. The largest absolute Gasteiger partial charge is 0.383 e. The van der Waals surface area contributed by atoms with Gasteiger partial charge in [0.2, 0.25) is 10.0 Å². The number of hydrogen-bond donors (Lipinski definition) is 2. The summed E-state index contributed by atoms with van der Waals surface area (Å²) in [6.07, 6.45) is 1.09. The van der Waals surface area contributed by atoms with Gasteiger partial charge in [-0.2, -0.15) is 0 Å². The van der Waals surface area contributed by atoms with Crippen molar-refractivity contribution >= 4 is 10.0 Å². The summed E-state index contributed by atoms with van der Waals surface area (Å²) in [6.45, 7) is 0.501. The maximum absolute atomic E-state index is 13.9. The van der Waals surface area contributed by atoms with Gasteiger partial charge in [-0.05, 0) is 36.5 Å². The molecule has 5 nitrogen and oxygen atoms in total. The Morgan fingerprint density at radius 1 is 1.04 bits per heavy atom. The van der Waals surface area contributed by atoms with Crippen LogP contribution in [0.3, 0.4) is 0 Å². The molecule has 2 aromatic carbocycles. The van der Waals surface area contributed by atoms with Gasteiger partial charge in [-0.15, -0.1) is 0 Å². The minimum Gasteiger partial charge on any atom is -0.383 e. The van der Waals surface area contributed by atoms with E-state index in [-0.39, 0.29) is 5.92 Å². The fourth-order valence-electron chi connectivity index (χ4n) is 3.40. The molecule has 3 rings (SSSR count). The molecular formula is C19H21F2NO4S. The maximum Gasteiger partial charge on any atom is 0.246 e. The Bertz CT molecular complexity index is 866. The minimum atomic E-state index is -4.49. The van der Waals surface area contributed by atoms with Crippen molar-refractivity contribution in [3.63, 3.8) is 0 Å². The third kappa shape index (κ3) is 4.19. The Hall–Kier alpha value is -1.87. The van der Waals surface area contributed by atoms with Gasteiger partial charge in [-0.3, -0.25) is 0 Å². The first-order chi connectivity index (χ1) is 12.8. The van der Waals surface area contributed by atoms with Crippen LogP contribution >= 0.6 is 0 Å². The number of ether oxygens (including phenoxy) is 1. The molecule has 1 aliphatic heterocycles. The second-order valence-corrected chi connectivity index (χ2v) is 8.26. The van der Waals surface area contributed by atoms with E-state index in [0.29, 0.717) is 31.6 Å². The minimum absolute atomic E-state index is 0.262. The molecule has 2 aromatic rings. The number of benzene rings is 2. The molecule has 27 heavy (non-hydrogen) atoms. The van der Waals surface area contributed by atoms with Crippen LogP contribution in [0, 0.1) is 17.6 Å². The van der Waals surface area contributed by atoms with Crippen molar-refractivity contribution in [1.82, 2.24) is 4.72 Å². The van der Waals surface area contributed by atoms with Crippen molar-refractivity contribution in [1.29, 1.82) is 0 Å². The Kier molecular flexibility index (Phi) is 5.90. The number of aliphatic hydroxyl groups is 1. The summed E-state index contributed by atoms with van der Waals surface area (Å²) in [6, 6.07) is 11.5. The molecule has 0 bridgehead atoms. The van der Waals surface area contributed by atoms with Crippen molar-refractivity contribution in [3.05, 3.63) is 65.7 Å². The van der Waals surface area contributed by atoms with Gasteiger partial charge < -0.3 is 9.84 Å². The summed E-state index contributed by atoms with van der Waals surface area (Å²) in [5, 5.41) is 11.4. The first-order valence-electron chi connectivity index (χ1n) is 8.64. The molecule has 0 spiro atoms. The standard InChI is InChI=1S/C19H21F2NO4S/c20-16-7-4-8-17(21)18(16)27(24,25)22-13-19(23,14-5-2-1-3-6-14)15-9-11-26-12-10-15/h1-8,15,22-23H,9-13H2. The van der Waals surface area contributed by atoms with Gasteiger partial charge in [0.25, 0.3) is 0 Å². The third-order valence-corrected chi connectivity index (χ3v) is 6.34. The molecule has 1 atom stereocenters. The van der Waals surface area contributed by atoms with Gasteiger partial charge in [-0.25, -0.2) is 21.9 Å². The molecule has 0 aliphatic carbocycles. The molecule has 1 heterocycles.